The number of thiol groups is 1. The van der Waals surface area contributed by atoms with E-state index in [1.165, 1.54) is 0 Å². The molecule has 0 fully saturated rings. The van der Waals surface area contributed by atoms with Gasteiger partial charge in [0.1, 0.15) is 12.1 Å². The Hall–Kier alpha value is -3.79. The minimum atomic E-state index is -1.46. The zero-order valence-electron chi connectivity index (χ0n) is 18.1. The van der Waals surface area contributed by atoms with Crippen molar-refractivity contribution < 1.29 is 29.4 Å². The van der Waals surface area contributed by atoms with Crippen molar-refractivity contribution in [1.29, 1.82) is 0 Å². The van der Waals surface area contributed by atoms with E-state index in [2.05, 4.69) is 28.2 Å². The lowest BCUT2D eigenvalue weighted by atomic mass is 10.0. The molecule has 0 aliphatic carbocycles. The van der Waals surface area contributed by atoms with Gasteiger partial charge in [-0.3, -0.25) is 14.4 Å². The molecule has 10 heteroatoms. The summed E-state index contributed by atoms with van der Waals surface area (Å²) < 4.78 is 0. The number of H-pyrrole nitrogens is 1. The number of nitrogens with one attached hydrogen (secondary N) is 3. The second-order valence-corrected chi connectivity index (χ2v) is 8.45. The number of aromatic nitrogens is 1. The van der Waals surface area contributed by atoms with Gasteiger partial charge in [0.05, 0.1) is 11.7 Å². The Morgan fingerprint density at radius 1 is 0.853 bits per heavy atom. The Labute approximate surface area is 201 Å². The van der Waals surface area contributed by atoms with Gasteiger partial charge in [-0.2, -0.15) is 12.6 Å². The predicted octanol–water partition coefficient (Wildman–Crippen LogP) is 1.78. The lowest BCUT2D eigenvalue weighted by Crippen LogP contribution is -2.54. The minimum Gasteiger partial charge on any atom is -0.481 e. The third-order valence-electron chi connectivity index (χ3n) is 5.30. The SMILES string of the molecule is O=C(O)C[C@H](NC(=O)[C@@H](S)Cc1ccccc1)C(=O)N[C@@H](Cc1c[nH]c2ccccc12)C(=O)O. The number of fused-ring (bicyclic) bond motifs is 1. The molecule has 0 radical (unpaired) electrons. The van der Waals surface area contributed by atoms with Crippen LogP contribution in [0.25, 0.3) is 10.9 Å². The predicted molar refractivity (Wildman–Crippen MR) is 129 cm³/mol. The molecule has 1 aromatic heterocycles. The molecular formula is C24H25N3O6S. The van der Waals surface area contributed by atoms with E-state index in [4.69, 9.17) is 0 Å². The summed E-state index contributed by atoms with van der Waals surface area (Å²) in [6, 6.07) is 13.6. The quantitative estimate of drug-likeness (QED) is 0.229. The summed E-state index contributed by atoms with van der Waals surface area (Å²) >= 11 is 4.28. The lowest BCUT2D eigenvalue weighted by Gasteiger charge is -2.22. The van der Waals surface area contributed by atoms with Crippen LogP contribution in [-0.2, 0) is 32.0 Å². The van der Waals surface area contributed by atoms with Gasteiger partial charge in [-0.1, -0.05) is 48.5 Å². The Kier molecular flexibility index (Phi) is 8.31. The van der Waals surface area contributed by atoms with E-state index in [1.54, 1.807) is 6.20 Å². The number of aliphatic carboxylic acids is 2. The van der Waals surface area contributed by atoms with Crippen molar-refractivity contribution in [2.75, 3.05) is 0 Å². The molecule has 1 heterocycles. The van der Waals surface area contributed by atoms with Crippen molar-refractivity contribution in [3.05, 3.63) is 71.9 Å². The van der Waals surface area contributed by atoms with Gasteiger partial charge in [-0.25, -0.2) is 4.79 Å². The van der Waals surface area contributed by atoms with E-state index in [0.29, 0.717) is 5.56 Å². The summed E-state index contributed by atoms with van der Waals surface area (Å²) in [5, 5.41) is 23.6. The molecule has 3 aromatic rings. The lowest BCUT2D eigenvalue weighted by molar-refractivity contribution is -0.143. The molecule has 34 heavy (non-hydrogen) atoms. The zero-order chi connectivity index (χ0) is 24.7. The summed E-state index contributed by atoms with van der Waals surface area (Å²) in [5.41, 5.74) is 2.35. The largest absolute Gasteiger partial charge is 0.481 e. The summed E-state index contributed by atoms with van der Waals surface area (Å²) in [6.07, 6.45) is 1.21. The van der Waals surface area contributed by atoms with E-state index in [-0.39, 0.29) is 12.8 Å². The summed E-state index contributed by atoms with van der Waals surface area (Å²) in [5.74, 6) is -4.13. The Bertz CT molecular complexity index is 1180. The molecule has 2 amide bonds. The van der Waals surface area contributed by atoms with Gasteiger partial charge in [-0.05, 0) is 23.6 Å². The summed E-state index contributed by atoms with van der Waals surface area (Å²) in [6.45, 7) is 0. The number of carbonyl (C=O) groups excluding carboxylic acids is 2. The van der Waals surface area contributed by atoms with Crippen LogP contribution in [0, 0.1) is 0 Å². The van der Waals surface area contributed by atoms with Crippen LogP contribution in [0.15, 0.2) is 60.8 Å². The molecule has 0 unspecified atom stereocenters. The number of carbonyl (C=O) groups is 4. The van der Waals surface area contributed by atoms with E-state index in [1.807, 2.05) is 54.6 Å². The highest BCUT2D eigenvalue weighted by atomic mass is 32.1. The normalized spacial score (nSPS) is 13.6. The molecule has 0 aliphatic heterocycles. The van der Waals surface area contributed by atoms with Crippen molar-refractivity contribution >= 4 is 47.3 Å². The second-order valence-electron chi connectivity index (χ2n) is 7.83. The van der Waals surface area contributed by atoms with Gasteiger partial charge in [0, 0.05) is 23.5 Å². The molecule has 9 nitrogen and oxygen atoms in total. The van der Waals surface area contributed by atoms with Crippen LogP contribution in [0.1, 0.15) is 17.5 Å². The third kappa shape index (κ3) is 6.61. The average Bonchev–Trinajstić information content (AvgIpc) is 3.21. The van der Waals surface area contributed by atoms with Crippen molar-refractivity contribution in [3.8, 4) is 0 Å². The molecule has 5 N–H and O–H groups in total. The van der Waals surface area contributed by atoms with Gasteiger partial charge < -0.3 is 25.8 Å². The maximum absolute atomic E-state index is 12.8. The molecule has 0 saturated heterocycles. The highest BCUT2D eigenvalue weighted by molar-refractivity contribution is 7.81. The Balaban J connectivity index is 1.69. The zero-order valence-corrected chi connectivity index (χ0v) is 19.0. The first kappa shape index (κ1) is 24.8. The first-order chi connectivity index (χ1) is 16.2. The molecule has 0 aliphatic rings. The third-order valence-corrected chi connectivity index (χ3v) is 5.72. The van der Waals surface area contributed by atoms with Gasteiger partial charge in [-0.15, -0.1) is 0 Å². The maximum Gasteiger partial charge on any atom is 0.326 e. The van der Waals surface area contributed by atoms with Crippen molar-refractivity contribution in [3.63, 3.8) is 0 Å². The fourth-order valence-corrected chi connectivity index (χ4v) is 3.86. The number of benzene rings is 2. The monoisotopic (exact) mass is 483 g/mol. The van der Waals surface area contributed by atoms with Gasteiger partial charge in [0.2, 0.25) is 11.8 Å². The highest BCUT2D eigenvalue weighted by Crippen LogP contribution is 2.19. The molecule has 2 aromatic carbocycles. The number of hydrogen-bond acceptors (Lipinski definition) is 5. The maximum atomic E-state index is 12.8. The van der Waals surface area contributed by atoms with Gasteiger partial charge in [0.15, 0.2) is 0 Å². The first-order valence-electron chi connectivity index (χ1n) is 10.6. The van der Waals surface area contributed by atoms with Crippen molar-refractivity contribution in [1.82, 2.24) is 15.6 Å². The number of amides is 2. The van der Waals surface area contributed by atoms with Crippen LogP contribution < -0.4 is 10.6 Å². The molecular weight excluding hydrogens is 458 g/mol. The molecule has 3 atom stereocenters. The number of rotatable bonds is 11. The Morgan fingerprint density at radius 2 is 1.50 bits per heavy atom. The number of carboxylic acid groups (broad SMARTS) is 2. The van der Waals surface area contributed by atoms with Gasteiger partial charge in [0.25, 0.3) is 0 Å². The molecule has 3 rings (SSSR count). The van der Waals surface area contributed by atoms with E-state index in [9.17, 15) is 29.4 Å². The number of aromatic amines is 1. The van der Waals surface area contributed by atoms with Crippen LogP contribution in [0.3, 0.4) is 0 Å². The summed E-state index contributed by atoms with van der Waals surface area (Å²) in [4.78, 5) is 51.6. The van der Waals surface area contributed by atoms with Gasteiger partial charge >= 0.3 is 11.9 Å². The van der Waals surface area contributed by atoms with E-state index < -0.39 is 47.5 Å². The minimum absolute atomic E-state index is 0.0258. The smallest absolute Gasteiger partial charge is 0.326 e. The molecule has 0 saturated carbocycles. The highest BCUT2D eigenvalue weighted by Gasteiger charge is 2.30. The first-order valence-corrected chi connectivity index (χ1v) is 11.1. The average molecular weight is 484 g/mol. The Morgan fingerprint density at radius 3 is 2.18 bits per heavy atom. The van der Waals surface area contributed by atoms with Crippen molar-refractivity contribution in [2.45, 2.75) is 36.6 Å². The standard InChI is InChI=1S/C24H25N3O6S/c28-21(29)12-18(26-23(31)20(34)10-14-6-2-1-3-7-14)22(30)27-19(24(32)33)11-15-13-25-17-9-5-4-8-16(15)17/h1-9,13,18-20,25,34H,10-12H2,(H,26,31)(H,27,30)(H,28,29)(H,32,33)/t18-,19-,20-/m0/s1. The van der Waals surface area contributed by atoms with E-state index >= 15 is 0 Å². The van der Waals surface area contributed by atoms with Crippen LogP contribution >= 0.6 is 12.6 Å². The van der Waals surface area contributed by atoms with Crippen LogP contribution in [-0.4, -0.2) is 56.3 Å². The van der Waals surface area contributed by atoms with Crippen LogP contribution in [0.5, 0.6) is 0 Å². The number of hydrogen-bond donors (Lipinski definition) is 6. The summed E-state index contributed by atoms with van der Waals surface area (Å²) in [7, 11) is 0. The fourth-order valence-electron chi connectivity index (χ4n) is 3.57. The van der Waals surface area contributed by atoms with Crippen molar-refractivity contribution in [2.24, 2.45) is 0 Å². The van der Waals surface area contributed by atoms with Crippen LogP contribution in [0.4, 0.5) is 0 Å². The number of carboxylic acids is 2. The second kappa shape index (κ2) is 11.4. The molecule has 0 spiro atoms. The fraction of sp³-hybridized carbons (Fsp3) is 0.250. The van der Waals surface area contributed by atoms with Crippen LogP contribution in [0.2, 0.25) is 0 Å². The molecule has 178 valence electrons. The topological polar surface area (TPSA) is 149 Å². The number of para-hydroxylation sites is 1. The molecule has 0 bridgehead atoms. The van der Waals surface area contributed by atoms with E-state index in [0.717, 1.165) is 16.5 Å².